The van der Waals surface area contributed by atoms with Crippen molar-refractivity contribution < 1.29 is 24.4 Å². The lowest BCUT2D eigenvalue weighted by molar-refractivity contribution is -0.697. The highest BCUT2D eigenvalue weighted by Gasteiger charge is 2.26. The van der Waals surface area contributed by atoms with Crippen LogP contribution in [-0.2, 0) is 11.3 Å². The lowest BCUT2D eigenvalue weighted by atomic mass is 10.0. The van der Waals surface area contributed by atoms with Gasteiger partial charge in [0.1, 0.15) is 6.54 Å². The van der Waals surface area contributed by atoms with E-state index in [4.69, 9.17) is 15.2 Å². The number of hydrogen-bond acceptors (Lipinski definition) is 4. The summed E-state index contributed by atoms with van der Waals surface area (Å²) in [5.41, 5.74) is 5.97. The second kappa shape index (κ2) is 8.23. The molecule has 0 bridgehead atoms. The average molecular weight is 310 g/mol. The molecule has 1 aromatic rings. The van der Waals surface area contributed by atoms with Crippen molar-refractivity contribution in [3.8, 4) is 11.5 Å². The first-order valence-corrected chi connectivity index (χ1v) is 7.03. The maximum atomic E-state index is 12.0. The Kier molecular flexibility index (Phi) is 6.65. The number of nitrogens with one attached hydrogen (secondary N) is 1. The largest absolute Gasteiger partial charge is 0.493 e. The third-order valence-electron chi connectivity index (χ3n) is 3.32. The molecule has 0 heterocycles. The fraction of sp³-hybridized carbons (Fsp3) is 0.467. The summed E-state index contributed by atoms with van der Waals surface area (Å²) in [7, 11) is 3.15. The molecule has 5 N–H and O–H groups in total. The fourth-order valence-electron chi connectivity index (χ4n) is 2.16. The van der Waals surface area contributed by atoms with E-state index in [0.29, 0.717) is 18.0 Å². The van der Waals surface area contributed by atoms with Crippen LogP contribution >= 0.6 is 0 Å². The fourth-order valence-corrected chi connectivity index (χ4v) is 2.16. The molecule has 1 aromatic carbocycles. The number of imide groups is 1. The Morgan fingerprint density at radius 1 is 1.23 bits per heavy atom. The van der Waals surface area contributed by atoms with Gasteiger partial charge in [-0.3, -0.25) is 10.1 Å². The molecule has 0 radical (unpaired) electrons. The summed E-state index contributed by atoms with van der Waals surface area (Å²) in [5, 5.41) is 3.99. The van der Waals surface area contributed by atoms with Gasteiger partial charge in [-0.05, 0) is 18.2 Å². The van der Waals surface area contributed by atoms with E-state index in [9.17, 15) is 9.59 Å². The van der Waals surface area contributed by atoms with Gasteiger partial charge in [-0.15, -0.1) is 0 Å². The molecule has 122 valence electrons. The summed E-state index contributed by atoms with van der Waals surface area (Å²) >= 11 is 0. The Balaban J connectivity index is 2.77. The summed E-state index contributed by atoms with van der Waals surface area (Å²) in [5.74, 6) is 0.955. The maximum absolute atomic E-state index is 12.0. The van der Waals surface area contributed by atoms with Crippen LogP contribution in [0.1, 0.15) is 19.4 Å². The van der Waals surface area contributed by atoms with Gasteiger partial charge in [-0.1, -0.05) is 13.8 Å². The Hall–Kier alpha value is -2.28. The van der Waals surface area contributed by atoms with Crippen molar-refractivity contribution in [3.63, 3.8) is 0 Å². The smallest absolute Gasteiger partial charge is 0.319 e. The van der Waals surface area contributed by atoms with Crippen LogP contribution in [0.15, 0.2) is 18.2 Å². The zero-order valence-corrected chi connectivity index (χ0v) is 13.4. The van der Waals surface area contributed by atoms with Gasteiger partial charge >= 0.3 is 6.03 Å². The minimum absolute atomic E-state index is 0.0551. The number of carbonyl (C=O) groups is 2. The summed E-state index contributed by atoms with van der Waals surface area (Å²) < 4.78 is 10.4. The van der Waals surface area contributed by atoms with Gasteiger partial charge in [0, 0.05) is 11.5 Å². The van der Waals surface area contributed by atoms with Crippen LogP contribution in [0.25, 0.3) is 0 Å². The van der Waals surface area contributed by atoms with Crippen LogP contribution in [0.5, 0.6) is 11.5 Å². The summed E-state index contributed by atoms with van der Waals surface area (Å²) in [6.07, 6.45) is 0. The summed E-state index contributed by atoms with van der Waals surface area (Å²) in [6.45, 7) is 4.39. The summed E-state index contributed by atoms with van der Waals surface area (Å²) in [4.78, 5) is 22.8. The number of primary amides is 1. The Morgan fingerprint density at radius 3 is 2.36 bits per heavy atom. The van der Waals surface area contributed by atoms with Crippen LogP contribution in [0.3, 0.4) is 0 Å². The molecule has 7 heteroatoms. The first kappa shape index (κ1) is 17.8. The Labute approximate surface area is 130 Å². The molecule has 0 saturated heterocycles. The van der Waals surface area contributed by atoms with Gasteiger partial charge in [-0.25, -0.2) is 4.79 Å². The zero-order valence-electron chi connectivity index (χ0n) is 13.4. The molecular formula is C15H24N3O4+. The standard InChI is InChI=1S/C15H23N3O4/c1-9(2)13(14(19)18-15(16)20)17-8-10-5-6-11(21-3)12(7-10)22-4/h5-7,9,13,17H,8H2,1-4H3,(H3,16,18,19,20)/p+1/t13-/m1/s1. The van der Waals surface area contributed by atoms with Crippen molar-refractivity contribution >= 4 is 11.9 Å². The Bertz CT molecular complexity index is 532. The normalized spacial score (nSPS) is 11.9. The number of rotatable bonds is 7. The second-order valence-electron chi connectivity index (χ2n) is 5.25. The minimum atomic E-state index is -0.838. The first-order chi connectivity index (χ1) is 10.4. The maximum Gasteiger partial charge on any atom is 0.319 e. The van der Waals surface area contributed by atoms with E-state index in [-0.39, 0.29) is 11.8 Å². The number of urea groups is 1. The van der Waals surface area contributed by atoms with E-state index in [1.807, 2.05) is 37.4 Å². The second-order valence-corrected chi connectivity index (χ2v) is 5.25. The van der Waals surface area contributed by atoms with Crippen LogP contribution in [-0.4, -0.2) is 32.2 Å². The molecule has 7 nitrogen and oxygen atoms in total. The molecule has 1 rings (SSSR count). The van der Waals surface area contributed by atoms with Gasteiger partial charge in [0.2, 0.25) is 0 Å². The summed E-state index contributed by atoms with van der Waals surface area (Å²) in [6, 6.07) is 4.34. The highest BCUT2D eigenvalue weighted by atomic mass is 16.5. The van der Waals surface area contributed by atoms with Crippen molar-refractivity contribution in [1.82, 2.24) is 5.32 Å². The predicted molar refractivity (Wildman–Crippen MR) is 81.5 cm³/mol. The third kappa shape index (κ3) is 4.92. The SMILES string of the molecule is COc1ccc(C[NH2+][C@@H](C(=O)NC(N)=O)C(C)C)cc1OC. The lowest BCUT2D eigenvalue weighted by Gasteiger charge is -2.18. The molecule has 0 aromatic heterocycles. The molecule has 1 atom stereocenters. The van der Waals surface area contributed by atoms with Crippen molar-refractivity contribution in [2.24, 2.45) is 11.7 Å². The molecule has 0 spiro atoms. The van der Waals surface area contributed by atoms with Crippen molar-refractivity contribution in [2.45, 2.75) is 26.4 Å². The van der Waals surface area contributed by atoms with Crippen LogP contribution < -0.4 is 25.8 Å². The van der Waals surface area contributed by atoms with E-state index >= 15 is 0 Å². The number of benzene rings is 1. The number of quaternary nitrogens is 1. The van der Waals surface area contributed by atoms with Gasteiger partial charge in [0.15, 0.2) is 17.5 Å². The number of amides is 3. The number of nitrogens with two attached hydrogens (primary N) is 2. The molecule has 0 aliphatic rings. The van der Waals surface area contributed by atoms with Crippen LogP contribution in [0.4, 0.5) is 4.79 Å². The molecule has 0 unspecified atom stereocenters. The van der Waals surface area contributed by atoms with Gasteiger partial charge in [0.05, 0.1) is 14.2 Å². The van der Waals surface area contributed by atoms with Gasteiger partial charge < -0.3 is 20.5 Å². The van der Waals surface area contributed by atoms with Crippen molar-refractivity contribution in [2.75, 3.05) is 14.2 Å². The van der Waals surface area contributed by atoms with Gasteiger partial charge in [-0.2, -0.15) is 0 Å². The van der Waals surface area contributed by atoms with E-state index in [2.05, 4.69) is 5.32 Å². The predicted octanol–water partition coefficient (Wildman–Crippen LogP) is -0.0133. The van der Waals surface area contributed by atoms with E-state index < -0.39 is 12.1 Å². The first-order valence-electron chi connectivity index (χ1n) is 7.03. The molecule has 0 aliphatic carbocycles. The lowest BCUT2D eigenvalue weighted by Crippen LogP contribution is -2.92. The monoisotopic (exact) mass is 310 g/mol. The molecule has 0 saturated carbocycles. The van der Waals surface area contributed by atoms with E-state index in [1.54, 1.807) is 14.2 Å². The molecule has 0 aliphatic heterocycles. The van der Waals surface area contributed by atoms with Crippen LogP contribution in [0, 0.1) is 5.92 Å². The number of methoxy groups -OCH3 is 2. The minimum Gasteiger partial charge on any atom is -0.493 e. The highest BCUT2D eigenvalue weighted by Crippen LogP contribution is 2.27. The molecular weight excluding hydrogens is 286 g/mol. The highest BCUT2D eigenvalue weighted by molar-refractivity contribution is 5.95. The Morgan fingerprint density at radius 2 is 1.86 bits per heavy atom. The molecule has 3 amide bonds. The molecule has 22 heavy (non-hydrogen) atoms. The number of hydrogen-bond donors (Lipinski definition) is 3. The van der Waals surface area contributed by atoms with E-state index in [1.165, 1.54) is 0 Å². The number of carbonyl (C=O) groups excluding carboxylic acids is 2. The van der Waals surface area contributed by atoms with Crippen LogP contribution in [0.2, 0.25) is 0 Å². The third-order valence-corrected chi connectivity index (χ3v) is 3.32. The average Bonchev–Trinajstić information content (AvgIpc) is 2.46. The van der Waals surface area contributed by atoms with Crippen molar-refractivity contribution in [1.29, 1.82) is 0 Å². The number of ether oxygens (including phenoxy) is 2. The van der Waals surface area contributed by atoms with Gasteiger partial charge in [0.25, 0.3) is 5.91 Å². The molecule has 0 fully saturated rings. The topological polar surface area (TPSA) is 107 Å². The van der Waals surface area contributed by atoms with Crippen molar-refractivity contribution in [3.05, 3.63) is 23.8 Å². The van der Waals surface area contributed by atoms with E-state index in [0.717, 1.165) is 5.56 Å². The zero-order chi connectivity index (χ0) is 16.7. The quantitative estimate of drug-likeness (QED) is 0.658.